The predicted molar refractivity (Wildman–Crippen MR) is 72.5 cm³/mol. The molecule has 0 atom stereocenters. The van der Waals surface area contributed by atoms with Crippen LogP contribution in [0, 0.1) is 0 Å². The van der Waals surface area contributed by atoms with Crippen molar-refractivity contribution >= 4 is 26.0 Å². The lowest BCUT2D eigenvalue weighted by atomic mass is 10.1. The molecule has 10 N–H and O–H groups in total. The Bertz CT molecular complexity index is 523. The summed E-state index contributed by atoms with van der Waals surface area (Å²) < 4.78 is 23.2. The number of aliphatic hydroxyl groups is 1. The van der Waals surface area contributed by atoms with Gasteiger partial charge in [-0.15, -0.1) is 0 Å². The highest BCUT2D eigenvalue weighted by atomic mass is 31.2. The Morgan fingerprint density at radius 1 is 1.17 bits per heavy atom. The summed E-state index contributed by atoms with van der Waals surface area (Å²) in [5, 5.41) is 11.4. The van der Waals surface area contributed by atoms with Crippen molar-refractivity contribution in [2.24, 2.45) is 22.0 Å². The van der Waals surface area contributed by atoms with Crippen LogP contribution in [0.15, 0.2) is 18.2 Å². The van der Waals surface area contributed by atoms with Gasteiger partial charge in [-0.25, -0.2) is 0 Å². The smallest absolute Gasteiger partial charge is 0.298 e. The summed E-state index contributed by atoms with van der Waals surface area (Å²) in [7, 11) is -7.17. The van der Waals surface area contributed by atoms with Gasteiger partial charge >= 0.3 is 0 Å². The first-order valence-corrected chi connectivity index (χ1v) is 8.70. The molecule has 1 rings (SSSR count). The third-order valence-electron chi connectivity index (χ3n) is 2.17. The van der Waals surface area contributed by atoms with E-state index in [-0.39, 0.29) is 24.0 Å². The molecule has 0 spiro atoms. The van der Waals surface area contributed by atoms with E-state index in [4.69, 9.17) is 27.1 Å². The number of para-hydroxylation sites is 1. The van der Waals surface area contributed by atoms with Gasteiger partial charge in [0.1, 0.15) is 0 Å². The summed E-state index contributed by atoms with van der Waals surface area (Å²) in [6, 6.07) is 4.64. The lowest BCUT2D eigenvalue weighted by molar-refractivity contribution is 0.300. The van der Waals surface area contributed by atoms with E-state index in [0.717, 1.165) is 0 Å². The van der Waals surface area contributed by atoms with E-state index >= 15 is 0 Å². The third kappa shape index (κ3) is 4.19. The number of rotatable bonds is 5. The van der Waals surface area contributed by atoms with Crippen LogP contribution in [-0.2, 0) is 15.6 Å². The molecular formula is C8H17N5O3P2. The molecule has 0 heterocycles. The van der Waals surface area contributed by atoms with Gasteiger partial charge in [0.05, 0.1) is 11.0 Å². The van der Waals surface area contributed by atoms with Gasteiger partial charge in [-0.3, -0.25) is 31.1 Å². The summed E-state index contributed by atoms with van der Waals surface area (Å²) in [4.78, 5) is 0. The van der Waals surface area contributed by atoms with Crippen LogP contribution < -0.4 is 32.4 Å². The fourth-order valence-electron chi connectivity index (χ4n) is 1.51. The van der Waals surface area contributed by atoms with Crippen LogP contribution in [0.1, 0.15) is 5.56 Å². The molecule has 0 bridgehead atoms. The van der Waals surface area contributed by atoms with Gasteiger partial charge in [-0.05, 0) is 18.1 Å². The standard InChI is InChI=1S/C8H17N5O3P2/c9-17(10,15)7-3-1-2-6(4-5-14)8(7)13-18(11,12)16/h1-3,14H,4-5H2,(H4,9,10,15)(H5,11,12,13,16). The maximum Gasteiger partial charge on any atom is 0.298 e. The Kier molecular flexibility index (Phi) is 4.69. The van der Waals surface area contributed by atoms with Gasteiger partial charge in [-0.2, -0.15) is 0 Å². The van der Waals surface area contributed by atoms with Gasteiger partial charge in [-0.1, -0.05) is 12.1 Å². The fourth-order valence-corrected chi connectivity index (χ4v) is 3.08. The number of aliphatic hydroxyl groups excluding tert-OH is 1. The second kappa shape index (κ2) is 5.50. The molecule has 102 valence electrons. The van der Waals surface area contributed by atoms with Crippen LogP contribution in [0.5, 0.6) is 0 Å². The van der Waals surface area contributed by atoms with E-state index in [1.54, 1.807) is 12.1 Å². The van der Waals surface area contributed by atoms with E-state index in [1.165, 1.54) is 6.07 Å². The average molecular weight is 293 g/mol. The number of anilines is 1. The van der Waals surface area contributed by atoms with Crippen molar-refractivity contribution in [3.8, 4) is 0 Å². The van der Waals surface area contributed by atoms with Crippen molar-refractivity contribution in [2.45, 2.75) is 6.42 Å². The van der Waals surface area contributed by atoms with E-state index < -0.39 is 15.0 Å². The third-order valence-corrected chi connectivity index (χ3v) is 3.87. The second-order valence-electron chi connectivity index (χ2n) is 3.82. The van der Waals surface area contributed by atoms with Gasteiger partial charge in [0, 0.05) is 6.61 Å². The van der Waals surface area contributed by atoms with Crippen LogP contribution in [0.25, 0.3) is 0 Å². The summed E-state index contributed by atoms with van der Waals surface area (Å²) in [6.45, 7) is -0.156. The van der Waals surface area contributed by atoms with Crippen LogP contribution in [-0.4, -0.2) is 11.7 Å². The highest BCUT2D eigenvalue weighted by Gasteiger charge is 2.22. The number of nitrogens with two attached hydrogens (primary N) is 4. The summed E-state index contributed by atoms with van der Waals surface area (Å²) >= 11 is 0. The zero-order valence-electron chi connectivity index (χ0n) is 9.61. The number of nitrogens with one attached hydrogen (secondary N) is 1. The van der Waals surface area contributed by atoms with Crippen molar-refractivity contribution in [1.29, 1.82) is 0 Å². The molecule has 0 aliphatic rings. The fraction of sp³-hybridized carbons (Fsp3) is 0.250. The molecule has 0 unspecified atom stereocenters. The minimum absolute atomic E-state index is 0.0876. The molecule has 1 aromatic carbocycles. The van der Waals surface area contributed by atoms with Crippen LogP contribution in [0.3, 0.4) is 0 Å². The quantitative estimate of drug-likeness (QED) is 0.390. The Hall–Kier alpha value is -0.720. The van der Waals surface area contributed by atoms with Crippen molar-refractivity contribution in [1.82, 2.24) is 0 Å². The van der Waals surface area contributed by atoms with Crippen LogP contribution >= 0.6 is 15.0 Å². The van der Waals surface area contributed by atoms with E-state index in [9.17, 15) is 9.13 Å². The first-order chi connectivity index (χ1) is 8.15. The lowest BCUT2D eigenvalue weighted by Gasteiger charge is -2.19. The summed E-state index contributed by atoms with van der Waals surface area (Å²) in [6.07, 6.45) is 0.232. The van der Waals surface area contributed by atoms with Crippen LogP contribution in [0.4, 0.5) is 5.69 Å². The Morgan fingerprint density at radius 3 is 2.22 bits per heavy atom. The molecule has 0 saturated heterocycles. The summed E-state index contributed by atoms with van der Waals surface area (Å²) in [5.41, 5.74) is 22.0. The van der Waals surface area contributed by atoms with Crippen molar-refractivity contribution < 1.29 is 14.2 Å². The monoisotopic (exact) mass is 293 g/mol. The summed E-state index contributed by atoms with van der Waals surface area (Å²) in [5.74, 6) is 0. The maximum atomic E-state index is 11.8. The van der Waals surface area contributed by atoms with Gasteiger partial charge < -0.3 is 10.2 Å². The molecule has 0 fully saturated rings. The van der Waals surface area contributed by atoms with Crippen molar-refractivity contribution in [3.05, 3.63) is 23.8 Å². The van der Waals surface area contributed by atoms with Gasteiger partial charge in [0.25, 0.3) is 7.59 Å². The molecule has 0 amide bonds. The molecule has 10 heteroatoms. The molecule has 18 heavy (non-hydrogen) atoms. The average Bonchev–Trinajstić information content (AvgIpc) is 2.17. The highest BCUT2D eigenvalue weighted by molar-refractivity contribution is 7.67. The number of hydrogen-bond donors (Lipinski definition) is 6. The first kappa shape index (κ1) is 15.3. The normalized spacial score (nSPS) is 12.5. The van der Waals surface area contributed by atoms with E-state index in [2.05, 4.69) is 5.09 Å². The SMILES string of the molecule is NP(N)(=O)Nc1c(CCO)cccc1P(N)(N)=O. The van der Waals surface area contributed by atoms with Crippen molar-refractivity contribution in [2.75, 3.05) is 11.7 Å². The number of hydrogen-bond acceptors (Lipinski definition) is 3. The molecule has 0 aliphatic carbocycles. The molecule has 1 aromatic rings. The molecule has 0 radical (unpaired) electrons. The Morgan fingerprint density at radius 2 is 1.78 bits per heavy atom. The van der Waals surface area contributed by atoms with Gasteiger partial charge in [0.15, 0.2) is 0 Å². The Labute approximate surface area is 105 Å². The first-order valence-electron chi connectivity index (χ1n) is 5.01. The molecule has 8 nitrogen and oxygen atoms in total. The van der Waals surface area contributed by atoms with Gasteiger partial charge in [0.2, 0.25) is 7.44 Å². The molecule has 0 aliphatic heterocycles. The predicted octanol–water partition coefficient (Wildman–Crippen LogP) is -0.605. The second-order valence-corrected chi connectivity index (χ2v) is 7.36. The zero-order valence-corrected chi connectivity index (χ0v) is 11.4. The van der Waals surface area contributed by atoms with Crippen molar-refractivity contribution in [3.63, 3.8) is 0 Å². The minimum Gasteiger partial charge on any atom is -0.396 e. The topological polar surface area (TPSA) is 170 Å². The largest absolute Gasteiger partial charge is 0.396 e. The molecular weight excluding hydrogens is 276 g/mol. The number of benzene rings is 1. The van der Waals surface area contributed by atoms with Crippen LogP contribution in [0.2, 0.25) is 0 Å². The molecule has 0 aromatic heterocycles. The van der Waals surface area contributed by atoms with E-state index in [0.29, 0.717) is 5.56 Å². The van der Waals surface area contributed by atoms with E-state index in [1.807, 2.05) is 0 Å². The zero-order chi connectivity index (χ0) is 14.0. The minimum atomic E-state index is -3.60. The highest BCUT2D eigenvalue weighted by Crippen LogP contribution is 2.36. The molecule has 0 saturated carbocycles. The maximum absolute atomic E-state index is 11.8. The Balaban J connectivity index is 3.39. The lowest BCUT2D eigenvalue weighted by Crippen LogP contribution is -2.25.